The second kappa shape index (κ2) is 12.5. The van der Waals surface area contributed by atoms with E-state index in [2.05, 4.69) is 82.9 Å². The molecule has 1 N–H and O–H groups in total. The fraction of sp³-hybridized carbons (Fsp3) is 0.333. The second-order valence-corrected chi connectivity index (χ2v) is 11.2. The van der Waals surface area contributed by atoms with Crippen molar-refractivity contribution < 1.29 is 0 Å². The summed E-state index contributed by atoms with van der Waals surface area (Å²) in [7, 11) is 2.29. The van der Waals surface area contributed by atoms with Gasteiger partial charge in [-0.1, -0.05) is 85.5 Å². The first-order chi connectivity index (χ1) is 18.7. The van der Waals surface area contributed by atoms with Crippen LogP contribution in [0.3, 0.4) is 0 Å². The third kappa shape index (κ3) is 6.14. The number of benzene rings is 3. The summed E-state index contributed by atoms with van der Waals surface area (Å²) in [6.07, 6.45) is 10.8. The van der Waals surface area contributed by atoms with E-state index in [4.69, 9.17) is 16.6 Å². The molecule has 0 spiro atoms. The van der Waals surface area contributed by atoms with Gasteiger partial charge in [0.2, 0.25) is 5.95 Å². The Labute approximate surface area is 243 Å². The maximum atomic E-state index is 6.60. The van der Waals surface area contributed by atoms with Crippen molar-refractivity contribution in [3.8, 4) is 11.3 Å². The van der Waals surface area contributed by atoms with Crippen LogP contribution in [0.15, 0.2) is 79.0 Å². The lowest BCUT2D eigenvalue weighted by atomic mass is 9.78. The summed E-state index contributed by atoms with van der Waals surface area (Å²) in [5.74, 6) is 0.819. The predicted octanol–water partition coefficient (Wildman–Crippen LogP) is 8.46. The van der Waals surface area contributed by atoms with Gasteiger partial charge >= 0.3 is 0 Å². The van der Waals surface area contributed by atoms with E-state index in [-0.39, 0.29) is 18.3 Å². The molecule has 0 saturated heterocycles. The quantitative estimate of drug-likeness (QED) is 0.247. The van der Waals surface area contributed by atoms with Gasteiger partial charge in [-0.15, -0.1) is 12.4 Å². The number of nitrogens with zero attached hydrogens (tertiary/aromatic N) is 3. The highest BCUT2D eigenvalue weighted by Gasteiger charge is 2.28. The zero-order valence-corrected chi connectivity index (χ0v) is 24.0. The van der Waals surface area contributed by atoms with Crippen LogP contribution in [0, 0.1) is 0 Å². The van der Waals surface area contributed by atoms with Crippen molar-refractivity contribution in [3.63, 3.8) is 0 Å². The Morgan fingerprint density at radius 3 is 2.38 bits per heavy atom. The van der Waals surface area contributed by atoms with Crippen LogP contribution in [0.2, 0.25) is 5.02 Å². The first-order valence-electron chi connectivity index (χ1n) is 13.9. The first-order valence-corrected chi connectivity index (χ1v) is 14.3. The lowest BCUT2D eigenvalue weighted by molar-refractivity contribution is 0.194. The van der Waals surface area contributed by atoms with Crippen LogP contribution in [-0.4, -0.2) is 34.5 Å². The lowest BCUT2D eigenvalue weighted by Gasteiger charge is -2.31. The van der Waals surface area contributed by atoms with E-state index in [1.165, 1.54) is 43.2 Å². The third-order valence-electron chi connectivity index (χ3n) is 8.32. The summed E-state index contributed by atoms with van der Waals surface area (Å²) in [5.41, 5.74) is 8.10. The molecular formula is C33H36Cl2N4. The molecule has 1 unspecified atom stereocenters. The van der Waals surface area contributed by atoms with Gasteiger partial charge in [0.25, 0.3) is 0 Å². The van der Waals surface area contributed by atoms with E-state index in [1.807, 2.05) is 18.3 Å². The molecule has 1 saturated carbocycles. The van der Waals surface area contributed by atoms with Gasteiger partial charge in [0.15, 0.2) is 0 Å². The fourth-order valence-corrected chi connectivity index (χ4v) is 6.39. The van der Waals surface area contributed by atoms with Gasteiger partial charge in [-0.25, -0.2) is 9.97 Å². The summed E-state index contributed by atoms with van der Waals surface area (Å²) in [6.45, 7) is 1.11. The van der Waals surface area contributed by atoms with Crippen molar-refractivity contribution in [3.05, 3.63) is 106 Å². The van der Waals surface area contributed by atoms with E-state index >= 15 is 0 Å². The number of nitrogens with one attached hydrogen (secondary N) is 1. The Balaban J connectivity index is 0.00000308. The highest BCUT2D eigenvalue weighted by molar-refractivity contribution is 6.31. The molecule has 1 atom stereocenters. The molecule has 0 aliphatic heterocycles. The Bertz CT molecular complexity index is 1400. The highest BCUT2D eigenvalue weighted by atomic mass is 35.5. The van der Waals surface area contributed by atoms with Crippen molar-refractivity contribution in [1.82, 2.24) is 14.9 Å². The van der Waals surface area contributed by atoms with Crippen molar-refractivity contribution >= 4 is 35.6 Å². The lowest BCUT2D eigenvalue weighted by Crippen LogP contribution is -2.34. The van der Waals surface area contributed by atoms with E-state index in [9.17, 15) is 0 Å². The number of hydrogen-bond donors (Lipinski definition) is 1. The standard InChI is InChI=1S/C33H35ClN4.ClH/c1-38(26-9-3-2-4-10-26)20-19-23-15-17-25(18-16-23)36-33-35-22-24-21-30(28-12-7-8-14-31(28)34)27-11-5-6-13-29(27)32(24)37-33;/h5-8,11-18,22,26,30H,2-4,9-10,19-21H2,1H3,(H,35,36,37);1H. The third-order valence-corrected chi connectivity index (χ3v) is 8.67. The molecule has 0 radical (unpaired) electrons. The minimum atomic E-state index is 0. The zero-order chi connectivity index (χ0) is 25.9. The van der Waals surface area contributed by atoms with Crippen LogP contribution in [-0.2, 0) is 12.8 Å². The molecule has 202 valence electrons. The van der Waals surface area contributed by atoms with Crippen LogP contribution in [0.5, 0.6) is 0 Å². The van der Waals surface area contributed by atoms with Gasteiger partial charge in [0, 0.05) is 41.0 Å². The Morgan fingerprint density at radius 2 is 1.62 bits per heavy atom. The van der Waals surface area contributed by atoms with Crippen molar-refractivity contribution in [2.75, 3.05) is 18.9 Å². The van der Waals surface area contributed by atoms with E-state index in [0.29, 0.717) is 5.95 Å². The monoisotopic (exact) mass is 558 g/mol. The molecular weight excluding hydrogens is 523 g/mol. The minimum absolute atomic E-state index is 0. The average Bonchev–Trinajstić information content (AvgIpc) is 2.97. The number of hydrogen-bond acceptors (Lipinski definition) is 4. The maximum Gasteiger partial charge on any atom is 0.227 e. The van der Waals surface area contributed by atoms with E-state index in [0.717, 1.165) is 58.5 Å². The fourth-order valence-electron chi connectivity index (χ4n) is 6.12. The molecule has 2 aliphatic carbocycles. The van der Waals surface area contributed by atoms with Crippen LogP contribution in [0.1, 0.15) is 60.3 Å². The molecule has 6 heteroatoms. The molecule has 6 rings (SSSR count). The predicted molar refractivity (Wildman–Crippen MR) is 165 cm³/mol. The highest BCUT2D eigenvalue weighted by Crippen LogP contribution is 2.43. The van der Waals surface area contributed by atoms with Gasteiger partial charge in [-0.3, -0.25) is 0 Å². The Morgan fingerprint density at radius 1 is 0.897 bits per heavy atom. The summed E-state index contributed by atoms with van der Waals surface area (Å²) >= 11 is 6.60. The van der Waals surface area contributed by atoms with Gasteiger partial charge in [-0.05, 0) is 73.2 Å². The Kier molecular flexibility index (Phi) is 8.86. The molecule has 0 amide bonds. The molecule has 1 fully saturated rings. The molecule has 39 heavy (non-hydrogen) atoms. The smallest absolute Gasteiger partial charge is 0.227 e. The molecule has 0 bridgehead atoms. The molecule has 2 aliphatic rings. The van der Waals surface area contributed by atoms with Crippen LogP contribution in [0.4, 0.5) is 11.6 Å². The van der Waals surface area contributed by atoms with E-state index in [1.54, 1.807) is 0 Å². The number of aromatic nitrogens is 2. The van der Waals surface area contributed by atoms with Crippen molar-refractivity contribution in [1.29, 1.82) is 0 Å². The zero-order valence-electron chi connectivity index (χ0n) is 22.4. The van der Waals surface area contributed by atoms with Crippen LogP contribution in [0.25, 0.3) is 11.3 Å². The summed E-state index contributed by atoms with van der Waals surface area (Å²) in [6, 6.07) is 26.2. The number of likely N-dealkylation sites (N-methyl/N-ethyl adjacent to an activating group) is 1. The Hall–Kier alpha value is -2.92. The number of anilines is 2. The number of fused-ring (bicyclic) bond motifs is 3. The molecule has 4 nitrogen and oxygen atoms in total. The van der Waals surface area contributed by atoms with Crippen LogP contribution >= 0.6 is 24.0 Å². The maximum absolute atomic E-state index is 6.60. The molecule has 1 heterocycles. The van der Waals surface area contributed by atoms with Gasteiger partial charge in [-0.2, -0.15) is 0 Å². The summed E-state index contributed by atoms with van der Waals surface area (Å²) in [4.78, 5) is 12.2. The first kappa shape index (κ1) is 27.6. The largest absolute Gasteiger partial charge is 0.324 e. The molecule has 1 aromatic heterocycles. The van der Waals surface area contributed by atoms with Crippen molar-refractivity contribution in [2.24, 2.45) is 0 Å². The van der Waals surface area contributed by atoms with Gasteiger partial charge in [0.05, 0.1) is 5.69 Å². The second-order valence-electron chi connectivity index (χ2n) is 10.8. The summed E-state index contributed by atoms with van der Waals surface area (Å²) in [5, 5.41) is 4.23. The average molecular weight is 560 g/mol. The van der Waals surface area contributed by atoms with Crippen LogP contribution < -0.4 is 5.32 Å². The normalized spacial score (nSPS) is 16.7. The number of rotatable bonds is 7. The van der Waals surface area contributed by atoms with Gasteiger partial charge < -0.3 is 10.2 Å². The topological polar surface area (TPSA) is 41.0 Å². The number of halogens is 2. The molecule has 4 aromatic rings. The SMILES string of the molecule is CN(CCc1ccc(Nc2ncc3c(n2)-c2ccccc2C(c2ccccc2Cl)C3)cc1)C1CCCCC1.Cl. The minimum Gasteiger partial charge on any atom is -0.324 e. The summed E-state index contributed by atoms with van der Waals surface area (Å²) < 4.78 is 0. The van der Waals surface area contributed by atoms with Crippen molar-refractivity contribution in [2.45, 2.75) is 56.9 Å². The van der Waals surface area contributed by atoms with E-state index < -0.39 is 0 Å². The van der Waals surface area contributed by atoms with Gasteiger partial charge in [0.1, 0.15) is 0 Å². The molecule has 3 aromatic carbocycles.